The van der Waals surface area contributed by atoms with Crippen LogP contribution in [0.4, 0.5) is 22.4 Å². The van der Waals surface area contributed by atoms with Gasteiger partial charge < -0.3 is 20.1 Å². The third-order valence-corrected chi connectivity index (χ3v) is 4.47. The van der Waals surface area contributed by atoms with Crippen molar-refractivity contribution < 1.29 is 37.0 Å². The highest BCUT2D eigenvalue weighted by atomic mass is 19.4. The van der Waals surface area contributed by atoms with E-state index in [0.717, 1.165) is 5.56 Å². The Balaban J connectivity index is 0.000000370. The molecule has 2 aliphatic rings. The van der Waals surface area contributed by atoms with E-state index in [4.69, 9.17) is 14.6 Å². The van der Waals surface area contributed by atoms with Gasteiger partial charge in [-0.1, -0.05) is 30.3 Å². The largest absolute Gasteiger partial charge is 0.490 e. The van der Waals surface area contributed by atoms with Crippen LogP contribution >= 0.6 is 0 Å². The number of carboxylic acid groups (broad SMARTS) is 1. The summed E-state index contributed by atoms with van der Waals surface area (Å²) in [6.45, 7) is 4.21. The summed E-state index contributed by atoms with van der Waals surface area (Å²) >= 11 is 0. The molecule has 0 spiro atoms. The number of carboxylic acids is 1. The van der Waals surface area contributed by atoms with E-state index in [-0.39, 0.29) is 6.09 Å². The molecule has 0 aliphatic carbocycles. The van der Waals surface area contributed by atoms with Crippen molar-refractivity contribution in [3.8, 4) is 0 Å². The molecule has 2 fully saturated rings. The molecule has 0 unspecified atom stereocenters. The molecule has 1 aromatic rings. The molecule has 3 rings (SSSR count). The number of nitrogens with zero attached hydrogens (tertiary/aromatic N) is 2. The molecule has 0 aromatic heterocycles. The number of carbonyl (C=O) groups is 2. The predicted molar refractivity (Wildman–Crippen MR) is 95.0 cm³/mol. The SMILES string of the molecule is O=C(O)C(F)(F)F.O=C(OCc1ccccc1)N1CCN(CC2(F)CNC2)CC1. The van der Waals surface area contributed by atoms with E-state index >= 15 is 0 Å². The Labute approximate surface area is 165 Å². The smallest absolute Gasteiger partial charge is 0.475 e. The van der Waals surface area contributed by atoms with E-state index in [1.807, 2.05) is 30.3 Å². The summed E-state index contributed by atoms with van der Waals surface area (Å²) < 4.78 is 51.1. The second-order valence-corrected chi connectivity index (χ2v) is 6.86. The second-order valence-electron chi connectivity index (χ2n) is 6.86. The number of hydrogen-bond donors (Lipinski definition) is 2. The van der Waals surface area contributed by atoms with Crippen molar-refractivity contribution in [1.29, 1.82) is 0 Å². The number of ether oxygens (including phenoxy) is 1. The quantitative estimate of drug-likeness (QED) is 0.723. The third-order valence-electron chi connectivity index (χ3n) is 4.47. The average molecular weight is 421 g/mol. The van der Waals surface area contributed by atoms with Crippen LogP contribution in [-0.2, 0) is 16.1 Å². The van der Waals surface area contributed by atoms with Gasteiger partial charge in [-0.05, 0) is 5.56 Å². The monoisotopic (exact) mass is 421 g/mol. The first-order valence-corrected chi connectivity index (χ1v) is 8.97. The van der Waals surface area contributed by atoms with Gasteiger partial charge in [-0.15, -0.1) is 0 Å². The fraction of sp³-hybridized carbons (Fsp3) is 0.556. The summed E-state index contributed by atoms with van der Waals surface area (Å²) in [7, 11) is 0. The van der Waals surface area contributed by atoms with Crippen LogP contribution < -0.4 is 5.32 Å². The highest BCUT2D eigenvalue weighted by Gasteiger charge is 2.39. The van der Waals surface area contributed by atoms with Crippen molar-refractivity contribution in [2.45, 2.75) is 18.5 Å². The van der Waals surface area contributed by atoms with Crippen LogP contribution in [0.15, 0.2) is 30.3 Å². The normalized spacial score (nSPS) is 18.8. The molecule has 29 heavy (non-hydrogen) atoms. The molecule has 2 saturated heterocycles. The van der Waals surface area contributed by atoms with E-state index in [2.05, 4.69) is 10.2 Å². The maximum absolute atomic E-state index is 14.0. The molecule has 2 N–H and O–H groups in total. The Bertz CT molecular complexity index is 675. The van der Waals surface area contributed by atoms with Crippen LogP contribution in [0.5, 0.6) is 0 Å². The van der Waals surface area contributed by atoms with Crippen molar-refractivity contribution in [3.05, 3.63) is 35.9 Å². The minimum Gasteiger partial charge on any atom is -0.475 e. The van der Waals surface area contributed by atoms with Gasteiger partial charge in [0, 0.05) is 45.8 Å². The first-order valence-electron chi connectivity index (χ1n) is 8.97. The molecule has 2 aliphatic heterocycles. The summed E-state index contributed by atoms with van der Waals surface area (Å²) in [4.78, 5) is 24.7. The number of piperazine rings is 1. The van der Waals surface area contributed by atoms with Crippen LogP contribution in [-0.4, -0.2) is 84.6 Å². The van der Waals surface area contributed by atoms with Crippen LogP contribution in [0.25, 0.3) is 0 Å². The number of amides is 1. The van der Waals surface area contributed by atoms with Gasteiger partial charge in [0.15, 0.2) is 0 Å². The fourth-order valence-corrected chi connectivity index (χ4v) is 2.81. The first kappa shape index (κ1) is 22.9. The van der Waals surface area contributed by atoms with Crippen molar-refractivity contribution in [2.24, 2.45) is 0 Å². The average Bonchev–Trinajstić information content (AvgIpc) is 2.66. The molecular formula is C18H23F4N3O4. The molecule has 162 valence electrons. The van der Waals surface area contributed by atoms with E-state index in [1.165, 1.54) is 0 Å². The van der Waals surface area contributed by atoms with E-state index < -0.39 is 17.8 Å². The standard InChI is InChI=1S/C16H22FN3O2.C2HF3O2/c17-16(11-18-12-16)13-19-6-8-20(9-7-19)15(21)22-10-14-4-2-1-3-5-14;3-2(4,5)1(6)7/h1-5,18H,6-13H2;(H,6,7). The minimum atomic E-state index is -5.08. The number of alkyl halides is 4. The number of nitrogens with one attached hydrogen (secondary N) is 1. The zero-order valence-electron chi connectivity index (χ0n) is 15.6. The summed E-state index contributed by atoms with van der Waals surface area (Å²) in [5, 5.41) is 10.1. The van der Waals surface area contributed by atoms with E-state index in [0.29, 0.717) is 52.4 Å². The lowest BCUT2D eigenvalue weighted by molar-refractivity contribution is -0.192. The van der Waals surface area contributed by atoms with Gasteiger partial charge in [-0.3, -0.25) is 4.90 Å². The van der Waals surface area contributed by atoms with Crippen molar-refractivity contribution in [2.75, 3.05) is 45.8 Å². The molecule has 2 heterocycles. The zero-order valence-corrected chi connectivity index (χ0v) is 15.6. The van der Waals surface area contributed by atoms with Crippen LogP contribution in [0.1, 0.15) is 5.56 Å². The number of aliphatic carboxylic acids is 1. The zero-order chi connectivity index (χ0) is 21.5. The van der Waals surface area contributed by atoms with Gasteiger partial charge in [0.25, 0.3) is 0 Å². The van der Waals surface area contributed by atoms with Gasteiger partial charge in [0.1, 0.15) is 12.3 Å². The van der Waals surface area contributed by atoms with E-state index in [9.17, 15) is 22.4 Å². The second kappa shape index (κ2) is 9.88. The molecule has 0 atom stereocenters. The van der Waals surface area contributed by atoms with Gasteiger partial charge in [-0.25, -0.2) is 14.0 Å². The lowest BCUT2D eigenvalue weighted by atomic mass is 9.98. The van der Waals surface area contributed by atoms with Crippen molar-refractivity contribution >= 4 is 12.1 Å². The maximum Gasteiger partial charge on any atom is 0.490 e. The number of halogens is 4. The van der Waals surface area contributed by atoms with Crippen molar-refractivity contribution in [1.82, 2.24) is 15.1 Å². The number of benzene rings is 1. The van der Waals surface area contributed by atoms with Gasteiger partial charge in [0.05, 0.1) is 0 Å². The van der Waals surface area contributed by atoms with Crippen LogP contribution in [0.3, 0.4) is 0 Å². The molecular weight excluding hydrogens is 398 g/mol. The Hall–Kier alpha value is -2.40. The third kappa shape index (κ3) is 7.50. The summed E-state index contributed by atoms with van der Waals surface area (Å²) in [6, 6.07) is 9.63. The van der Waals surface area contributed by atoms with Crippen LogP contribution in [0, 0.1) is 0 Å². The molecule has 1 amide bonds. The minimum absolute atomic E-state index is 0.288. The summed E-state index contributed by atoms with van der Waals surface area (Å²) in [6.07, 6.45) is -5.37. The number of rotatable bonds is 4. The molecule has 7 nitrogen and oxygen atoms in total. The Morgan fingerprint density at radius 2 is 1.66 bits per heavy atom. The molecule has 0 bridgehead atoms. The molecule has 11 heteroatoms. The van der Waals surface area contributed by atoms with Gasteiger partial charge in [-0.2, -0.15) is 13.2 Å². The first-order chi connectivity index (χ1) is 13.6. The lowest BCUT2D eigenvalue weighted by Gasteiger charge is -2.42. The summed E-state index contributed by atoms with van der Waals surface area (Å²) in [5.41, 5.74) is -0.109. The number of hydrogen-bond acceptors (Lipinski definition) is 5. The Morgan fingerprint density at radius 1 is 1.10 bits per heavy atom. The molecule has 0 saturated carbocycles. The van der Waals surface area contributed by atoms with Gasteiger partial charge in [0.2, 0.25) is 0 Å². The summed E-state index contributed by atoms with van der Waals surface area (Å²) in [5.74, 6) is -2.76. The maximum atomic E-state index is 14.0. The fourth-order valence-electron chi connectivity index (χ4n) is 2.81. The van der Waals surface area contributed by atoms with Gasteiger partial charge >= 0.3 is 18.2 Å². The Morgan fingerprint density at radius 3 is 2.10 bits per heavy atom. The molecule has 0 radical (unpaired) electrons. The van der Waals surface area contributed by atoms with E-state index in [1.54, 1.807) is 4.90 Å². The molecule has 1 aromatic carbocycles. The van der Waals surface area contributed by atoms with Crippen LogP contribution in [0.2, 0.25) is 0 Å². The topological polar surface area (TPSA) is 82.1 Å². The highest BCUT2D eigenvalue weighted by molar-refractivity contribution is 5.73. The number of carbonyl (C=O) groups excluding carboxylic acids is 1. The lowest BCUT2D eigenvalue weighted by Crippen LogP contribution is -2.63. The Kier molecular flexibility index (Phi) is 7.80. The predicted octanol–water partition coefficient (Wildman–Crippen LogP) is 1.89. The van der Waals surface area contributed by atoms with Crippen molar-refractivity contribution in [3.63, 3.8) is 0 Å². The highest BCUT2D eigenvalue weighted by Crippen LogP contribution is 2.19.